The van der Waals surface area contributed by atoms with Crippen LogP contribution < -0.4 is 0 Å². The lowest BCUT2D eigenvalue weighted by molar-refractivity contribution is 1.50. The second-order valence-corrected chi connectivity index (χ2v) is 1.38. The van der Waals surface area contributed by atoms with Crippen molar-refractivity contribution in [2.45, 2.75) is 13.8 Å². The van der Waals surface area contributed by atoms with Gasteiger partial charge in [0.15, 0.2) is 0 Å². The van der Waals surface area contributed by atoms with E-state index in [1.807, 2.05) is 25.3 Å². The first-order chi connectivity index (χ1) is 3.50. The molecular formula is C5H9NS. The largest absolute Gasteiger partial charge is 0.201 e. The molecule has 0 N–H and O–H groups in total. The summed E-state index contributed by atoms with van der Waals surface area (Å²) < 4.78 is 3.76. The topological polar surface area (TPSA) is 12.9 Å². The second kappa shape index (κ2) is 5.63. The van der Waals surface area contributed by atoms with Crippen LogP contribution >= 0.6 is 11.5 Å². The van der Waals surface area contributed by atoms with Gasteiger partial charge in [-0.3, -0.25) is 0 Å². The maximum atomic E-state index is 3.76. The minimum absolute atomic E-state index is 1.46. The number of hydrogen-bond donors (Lipinski definition) is 0. The molecule has 1 aromatic rings. The summed E-state index contributed by atoms with van der Waals surface area (Å²) in [6.07, 6.45) is 1.77. The Morgan fingerprint density at radius 3 is 2.29 bits per heavy atom. The highest BCUT2D eigenvalue weighted by Gasteiger charge is 1.59. The average molecular weight is 115 g/mol. The van der Waals surface area contributed by atoms with Crippen LogP contribution in [0.25, 0.3) is 0 Å². The molecular weight excluding hydrogens is 106 g/mol. The van der Waals surface area contributed by atoms with E-state index in [0.29, 0.717) is 0 Å². The maximum Gasteiger partial charge on any atom is 0.0406 e. The lowest BCUT2D eigenvalue weighted by Crippen LogP contribution is -1.32. The summed E-state index contributed by atoms with van der Waals surface area (Å²) in [5.74, 6) is 0. The molecule has 1 heterocycles. The van der Waals surface area contributed by atoms with Gasteiger partial charge in [-0.1, -0.05) is 13.8 Å². The third kappa shape index (κ3) is 3.46. The zero-order valence-electron chi connectivity index (χ0n) is 4.59. The molecule has 0 aliphatic rings. The first-order valence-corrected chi connectivity index (χ1v) is 3.18. The van der Waals surface area contributed by atoms with Crippen LogP contribution in [-0.2, 0) is 0 Å². The zero-order valence-corrected chi connectivity index (χ0v) is 5.40. The van der Waals surface area contributed by atoms with Crippen LogP contribution in [-0.4, -0.2) is 4.37 Å². The van der Waals surface area contributed by atoms with Crippen molar-refractivity contribution in [1.29, 1.82) is 0 Å². The van der Waals surface area contributed by atoms with Crippen LogP contribution in [0, 0.1) is 0 Å². The Bertz CT molecular complexity index is 64.6. The third-order valence-electron chi connectivity index (χ3n) is 0.347. The molecule has 0 bridgehead atoms. The number of hydrogen-bond acceptors (Lipinski definition) is 2. The minimum Gasteiger partial charge on any atom is -0.201 e. The Balaban J connectivity index is 0.000000162. The summed E-state index contributed by atoms with van der Waals surface area (Å²) >= 11 is 1.46. The quantitative estimate of drug-likeness (QED) is 0.505. The van der Waals surface area contributed by atoms with Gasteiger partial charge >= 0.3 is 0 Å². The lowest BCUT2D eigenvalue weighted by Gasteiger charge is -1.41. The van der Waals surface area contributed by atoms with Gasteiger partial charge in [-0.05, 0) is 17.6 Å². The predicted octanol–water partition coefficient (Wildman–Crippen LogP) is 2.17. The highest BCUT2D eigenvalue weighted by molar-refractivity contribution is 7.03. The van der Waals surface area contributed by atoms with E-state index < -0.39 is 0 Å². The smallest absolute Gasteiger partial charge is 0.0406 e. The fraction of sp³-hybridized carbons (Fsp3) is 0.400. The van der Waals surface area contributed by atoms with E-state index in [9.17, 15) is 0 Å². The van der Waals surface area contributed by atoms with E-state index >= 15 is 0 Å². The Labute approximate surface area is 48.2 Å². The minimum atomic E-state index is 1.46. The summed E-state index contributed by atoms with van der Waals surface area (Å²) in [6.45, 7) is 4.00. The molecule has 1 aromatic heterocycles. The Kier molecular flexibility index (Phi) is 5.33. The molecule has 7 heavy (non-hydrogen) atoms. The summed E-state index contributed by atoms with van der Waals surface area (Å²) in [7, 11) is 0. The standard InChI is InChI=1S/C3H3NS.C2H6/c1-2-4-5-3-1;1-2/h1-3H;1-2H3. The van der Waals surface area contributed by atoms with Crippen molar-refractivity contribution in [3.63, 3.8) is 0 Å². The van der Waals surface area contributed by atoms with E-state index in [2.05, 4.69) is 4.37 Å². The van der Waals surface area contributed by atoms with Gasteiger partial charge in [-0.2, -0.15) is 0 Å². The van der Waals surface area contributed by atoms with Crippen molar-refractivity contribution >= 4 is 11.5 Å². The van der Waals surface area contributed by atoms with Gasteiger partial charge in [0.1, 0.15) is 0 Å². The fourth-order valence-electron chi connectivity index (χ4n) is 0.176. The van der Waals surface area contributed by atoms with Crippen molar-refractivity contribution in [3.8, 4) is 0 Å². The molecule has 2 heteroatoms. The van der Waals surface area contributed by atoms with Gasteiger partial charge in [-0.25, -0.2) is 4.37 Å². The highest BCUT2D eigenvalue weighted by Crippen LogP contribution is 1.83. The van der Waals surface area contributed by atoms with Gasteiger partial charge in [0, 0.05) is 11.6 Å². The summed E-state index contributed by atoms with van der Waals surface area (Å²) in [5, 5.41) is 1.93. The predicted molar refractivity (Wildman–Crippen MR) is 33.5 cm³/mol. The second-order valence-electron chi connectivity index (χ2n) is 0.688. The molecule has 0 unspecified atom stereocenters. The SMILES string of the molecule is CC.c1cnsc1. The molecule has 0 amide bonds. The van der Waals surface area contributed by atoms with Crippen LogP contribution in [0.5, 0.6) is 0 Å². The van der Waals surface area contributed by atoms with E-state index in [0.717, 1.165) is 0 Å². The number of nitrogens with zero attached hydrogens (tertiary/aromatic N) is 1. The maximum absolute atomic E-state index is 3.76. The Morgan fingerprint density at radius 2 is 2.14 bits per heavy atom. The summed E-state index contributed by atoms with van der Waals surface area (Å²) in [6, 6.07) is 1.91. The van der Waals surface area contributed by atoms with E-state index in [1.54, 1.807) is 6.20 Å². The molecule has 0 spiro atoms. The molecule has 0 aliphatic carbocycles. The molecule has 0 aromatic carbocycles. The molecule has 0 fully saturated rings. The molecule has 0 aliphatic heterocycles. The zero-order chi connectivity index (χ0) is 5.54. The highest BCUT2D eigenvalue weighted by atomic mass is 32.1. The van der Waals surface area contributed by atoms with Crippen LogP contribution in [0.3, 0.4) is 0 Å². The van der Waals surface area contributed by atoms with Gasteiger partial charge in [-0.15, -0.1) is 0 Å². The molecule has 0 saturated carbocycles. The molecule has 1 rings (SSSR count). The van der Waals surface area contributed by atoms with Crippen molar-refractivity contribution in [1.82, 2.24) is 4.37 Å². The molecule has 40 valence electrons. The van der Waals surface area contributed by atoms with E-state index in [-0.39, 0.29) is 0 Å². The van der Waals surface area contributed by atoms with Crippen LogP contribution in [0.15, 0.2) is 17.6 Å². The van der Waals surface area contributed by atoms with E-state index in [1.165, 1.54) is 11.5 Å². The van der Waals surface area contributed by atoms with Crippen LogP contribution in [0.1, 0.15) is 13.8 Å². The Hall–Kier alpha value is -0.370. The number of rotatable bonds is 0. The first kappa shape index (κ1) is 6.63. The Morgan fingerprint density at radius 1 is 1.43 bits per heavy atom. The summed E-state index contributed by atoms with van der Waals surface area (Å²) in [5.41, 5.74) is 0. The average Bonchev–Trinajstić information content (AvgIpc) is 2.23. The monoisotopic (exact) mass is 115 g/mol. The number of aromatic nitrogens is 1. The molecule has 1 nitrogen and oxygen atoms in total. The van der Waals surface area contributed by atoms with E-state index in [4.69, 9.17) is 0 Å². The van der Waals surface area contributed by atoms with Gasteiger partial charge in [0.25, 0.3) is 0 Å². The first-order valence-electron chi connectivity index (χ1n) is 2.34. The third-order valence-corrected chi connectivity index (χ3v) is 0.869. The molecule has 0 atom stereocenters. The molecule has 0 saturated heterocycles. The van der Waals surface area contributed by atoms with Crippen LogP contribution in [0.4, 0.5) is 0 Å². The van der Waals surface area contributed by atoms with Crippen molar-refractivity contribution in [2.75, 3.05) is 0 Å². The summed E-state index contributed by atoms with van der Waals surface area (Å²) in [4.78, 5) is 0. The van der Waals surface area contributed by atoms with Gasteiger partial charge in [0.05, 0.1) is 0 Å². The van der Waals surface area contributed by atoms with Crippen molar-refractivity contribution < 1.29 is 0 Å². The van der Waals surface area contributed by atoms with Crippen LogP contribution in [0.2, 0.25) is 0 Å². The normalized spacial score (nSPS) is 6.57. The van der Waals surface area contributed by atoms with Crippen molar-refractivity contribution in [3.05, 3.63) is 17.6 Å². The lowest BCUT2D eigenvalue weighted by atomic mass is 10.8. The van der Waals surface area contributed by atoms with Gasteiger partial charge < -0.3 is 0 Å². The molecule has 0 radical (unpaired) electrons. The van der Waals surface area contributed by atoms with Gasteiger partial charge in [0.2, 0.25) is 0 Å². The fourth-order valence-corrected chi connectivity index (χ4v) is 0.527. The van der Waals surface area contributed by atoms with Crippen molar-refractivity contribution in [2.24, 2.45) is 0 Å².